The van der Waals surface area contributed by atoms with Gasteiger partial charge in [-0.1, -0.05) is 12.1 Å². The molecule has 51 heavy (non-hydrogen) atoms. The Morgan fingerprint density at radius 3 is 1.41 bits per heavy atom. The van der Waals surface area contributed by atoms with Crippen molar-refractivity contribution in [1.82, 2.24) is 10.6 Å². The fourth-order valence-corrected chi connectivity index (χ4v) is 4.14. The van der Waals surface area contributed by atoms with Crippen LogP contribution in [0.4, 0.5) is 0 Å². The highest BCUT2D eigenvalue weighted by molar-refractivity contribution is 6.05. The van der Waals surface area contributed by atoms with Crippen LogP contribution in [0.2, 0.25) is 0 Å². The topological polar surface area (TPSA) is 216 Å². The molecule has 0 saturated carbocycles. The van der Waals surface area contributed by atoms with Crippen molar-refractivity contribution in [3.63, 3.8) is 0 Å². The molecule has 2 amide bonds. The molecule has 0 radical (unpaired) electrons. The lowest BCUT2D eigenvalue weighted by Gasteiger charge is -2.14. The van der Waals surface area contributed by atoms with Gasteiger partial charge in [0.05, 0.1) is 0 Å². The molecule has 0 fully saturated rings. The number of carbonyl (C=O) groups is 8. The van der Waals surface area contributed by atoms with Gasteiger partial charge in [0.15, 0.2) is 34.5 Å². The second-order valence-electron chi connectivity index (χ2n) is 10.4. The molecule has 0 aliphatic heterocycles. The highest BCUT2D eigenvalue weighted by Gasteiger charge is 2.20. The molecule has 0 atom stereocenters. The van der Waals surface area contributed by atoms with Crippen LogP contribution < -0.4 is 39.1 Å². The lowest BCUT2D eigenvalue weighted by molar-refractivity contribution is -0.134. The molecular weight excluding hydrogens is 672 g/mol. The van der Waals surface area contributed by atoms with Crippen molar-refractivity contribution in [2.45, 2.75) is 48.1 Å². The summed E-state index contributed by atoms with van der Waals surface area (Å²) in [6.45, 7) is 6.64. The fourth-order valence-electron chi connectivity index (χ4n) is 4.14. The number of esters is 6. The second kappa shape index (κ2) is 17.5. The maximum atomic E-state index is 13.6. The smallest absolute Gasteiger partial charge is 0.308 e. The van der Waals surface area contributed by atoms with Crippen LogP contribution in [0.5, 0.6) is 34.5 Å². The molecule has 0 spiro atoms. The molecule has 0 unspecified atom stereocenters. The summed E-state index contributed by atoms with van der Waals surface area (Å²) in [4.78, 5) is 96.7. The third kappa shape index (κ3) is 12.3. The van der Waals surface area contributed by atoms with E-state index in [1.54, 1.807) is 0 Å². The number of nitrogens with one attached hydrogen (secondary N) is 2. The van der Waals surface area contributed by atoms with Gasteiger partial charge >= 0.3 is 35.8 Å². The van der Waals surface area contributed by atoms with Gasteiger partial charge in [-0.25, -0.2) is 0 Å². The first-order chi connectivity index (χ1) is 24.0. The molecule has 3 aromatic carbocycles. The maximum absolute atomic E-state index is 13.6. The Bertz CT molecular complexity index is 1950. The molecule has 0 heterocycles. The van der Waals surface area contributed by atoms with Gasteiger partial charge in [-0.15, -0.1) is 0 Å². The van der Waals surface area contributed by atoms with Crippen molar-refractivity contribution in [2.24, 2.45) is 0 Å². The summed E-state index contributed by atoms with van der Waals surface area (Å²) < 4.78 is 30.6. The highest BCUT2D eigenvalue weighted by Crippen LogP contribution is 2.32. The first-order valence-corrected chi connectivity index (χ1v) is 14.8. The predicted molar refractivity (Wildman–Crippen MR) is 174 cm³/mol. The minimum absolute atomic E-state index is 0.0331. The van der Waals surface area contributed by atoms with Crippen LogP contribution in [0, 0.1) is 0 Å². The minimum Gasteiger partial charge on any atom is -0.423 e. The maximum Gasteiger partial charge on any atom is 0.308 e. The summed E-state index contributed by atoms with van der Waals surface area (Å²) >= 11 is 0. The average Bonchev–Trinajstić information content (AvgIpc) is 3.01. The van der Waals surface area contributed by atoms with E-state index in [1.165, 1.54) is 61.5 Å². The number of rotatable bonds is 12. The number of hydrogen-bond donors (Lipinski definition) is 2. The van der Waals surface area contributed by atoms with E-state index in [9.17, 15) is 38.4 Å². The van der Waals surface area contributed by atoms with Crippen LogP contribution in [-0.2, 0) is 40.1 Å². The zero-order chi connectivity index (χ0) is 37.8. The van der Waals surface area contributed by atoms with Crippen LogP contribution in [0.15, 0.2) is 60.3 Å². The summed E-state index contributed by atoms with van der Waals surface area (Å²) in [5.41, 5.74) is 0.153. The first-order valence-electron chi connectivity index (χ1n) is 14.8. The van der Waals surface area contributed by atoms with E-state index in [0.717, 1.165) is 40.7 Å². The number of ether oxygens (including phenoxy) is 6. The zero-order valence-electron chi connectivity index (χ0n) is 28.2. The fraction of sp³-hybridized carbons (Fsp3) is 0.200. The minimum atomic E-state index is -0.862. The summed E-state index contributed by atoms with van der Waals surface area (Å²) in [5.74, 6) is -6.69. The van der Waals surface area contributed by atoms with Crippen LogP contribution in [-0.4, -0.2) is 47.6 Å². The summed E-state index contributed by atoms with van der Waals surface area (Å²) in [6, 6.07) is 11.8. The van der Waals surface area contributed by atoms with Crippen molar-refractivity contribution in [3.05, 3.63) is 77.0 Å². The largest absolute Gasteiger partial charge is 0.423 e. The van der Waals surface area contributed by atoms with E-state index in [0.29, 0.717) is 5.56 Å². The predicted octanol–water partition coefficient (Wildman–Crippen LogP) is 3.33. The molecule has 266 valence electrons. The van der Waals surface area contributed by atoms with Gasteiger partial charge in [0.2, 0.25) is 0 Å². The quantitative estimate of drug-likeness (QED) is 0.157. The zero-order valence-corrected chi connectivity index (χ0v) is 28.2. The molecule has 0 aliphatic rings. The molecule has 16 heteroatoms. The number of carbonyl (C=O) groups excluding carboxylic acids is 8. The van der Waals surface area contributed by atoms with E-state index in [-0.39, 0.29) is 57.9 Å². The van der Waals surface area contributed by atoms with Crippen molar-refractivity contribution in [1.29, 1.82) is 0 Å². The van der Waals surface area contributed by atoms with E-state index in [2.05, 4.69) is 10.6 Å². The van der Waals surface area contributed by atoms with Gasteiger partial charge < -0.3 is 39.1 Å². The summed E-state index contributed by atoms with van der Waals surface area (Å²) in [6.07, 6.45) is 1.23. The Morgan fingerprint density at radius 2 is 0.922 bits per heavy atom. The summed E-state index contributed by atoms with van der Waals surface area (Å²) in [7, 11) is 0. The van der Waals surface area contributed by atoms with Gasteiger partial charge in [0.25, 0.3) is 11.8 Å². The number of hydrogen-bond acceptors (Lipinski definition) is 14. The molecule has 3 aromatic rings. The van der Waals surface area contributed by atoms with Crippen LogP contribution in [0.25, 0.3) is 6.08 Å². The lowest BCUT2D eigenvalue weighted by atomic mass is 10.1. The molecule has 0 aromatic heterocycles. The van der Waals surface area contributed by atoms with Gasteiger partial charge in [-0.05, 0) is 59.7 Å². The van der Waals surface area contributed by atoms with Crippen molar-refractivity contribution in [2.75, 3.05) is 0 Å². The van der Waals surface area contributed by atoms with E-state index >= 15 is 0 Å². The monoisotopic (exact) mass is 704 g/mol. The Morgan fingerprint density at radius 1 is 0.510 bits per heavy atom. The van der Waals surface area contributed by atoms with Crippen molar-refractivity contribution >= 4 is 53.7 Å². The third-order valence-corrected chi connectivity index (χ3v) is 5.96. The number of amides is 2. The van der Waals surface area contributed by atoms with Crippen LogP contribution >= 0.6 is 0 Å². The van der Waals surface area contributed by atoms with E-state index in [4.69, 9.17) is 28.4 Å². The second-order valence-corrected chi connectivity index (χ2v) is 10.4. The Balaban J connectivity index is 2.03. The van der Waals surface area contributed by atoms with Crippen LogP contribution in [0.3, 0.4) is 0 Å². The Hall–Kier alpha value is -6.84. The van der Waals surface area contributed by atoms with Crippen LogP contribution in [0.1, 0.15) is 63.0 Å². The normalized spacial score (nSPS) is 10.6. The van der Waals surface area contributed by atoms with Gasteiger partial charge in [-0.3, -0.25) is 38.4 Å². The Kier molecular flexibility index (Phi) is 13.3. The summed E-state index contributed by atoms with van der Waals surface area (Å²) in [5, 5.41) is 5.09. The Labute approximate surface area is 290 Å². The van der Waals surface area contributed by atoms with E-state index < -0.39 is 47.6 Å². The van der Waals surface area contributed by atoms with Gasteiger partial charge in [0.1, 0.15) is 5.70 Å². The van der Waals surface area contributed by atoms with E-state index in [1.807, 2.05) is 0 Å². The lowest BCUT2D eigenvalue weighted by Crippen LogP contribution is -2.34. The van der Waals surface area contributed by atoms with Gasteiger partial charge in [0, 0.05) is 53.7 Å². The highest BCUT2D eigenvalue weighted by atomic mass is 16.6. The molecule has 2 N–H and O–H groups in total. The van der Waals surface area contributed by atoms with Crippen molar-refractivity contribution < 1.29 is 66.8 Å². The standard InChI is InChI=1S/C35H32N2O14/c1-18(38)46-28-10-7-24(14-31(28)49-21(4)41)13-27(37-34(44)26-9-12-30(48-20(3)40)33(16-26)51-23(6)43)35(45)36-17-25-8-11-29(47-19(2)39)32(15-25)50-22(5)42/h7-16H,17H2,1-6H3,(H,36,45)(H,37,44)/b27-13+. The van der Waals surface area contributed by atoms with Crippen molar-refractivity contribution in [3.8, 4) is 34.5 Å². The number of benzene rings is 3. The third-order valence-electron chi connectivity index (χ3n) is 5.96. The molecule has 0 bridgehead atoms. The molecule has 0 saturated heterocycles. The SMILES string of the molecule is CC(=O)Oc1ccc(/C=C(/NC(=O)c2ccc(OC(C)=O)c(OC(C)=O)c2)C(=O)NCc2ccc(OC(C)=O)c(OC(C)=O)c2)cc1OC(C)=O. The molecule has 0 aliphatic carbocycles. The first kappa shape index (κ1) is 38.6. The average molecular weight is 705 g/mol. The molecular formula is C35H32N2O14. The van der Waals surface area contributed by atoms with Gasteiger partial charge in [-0.2, -0.15) is 0 Å². The molecule has 3 rings (SSSR count). The molecule has 16 nitrogen and oxygen atoms in total.